The fourth-order valence-corrected chi connectivity index (χ4v) is 1.89. The minimum Gasteiger partial charge on any atom is -0.356 e. The lowest BCUT2D eigenvalue weighted by atomic mass is 9.96. The number of carbonyl (C=O) groups is 3. The van der Waals surface area contributed by atoms with Crippen molar-refractivity contribution in [1.29, 1.82) is 0 Å². The van der Waals surface area contributed by atoms with Gasteiger partial charge in [-0.1, -0.05) is 51.1 Å². The molecule has 0 saturated heterocycles. The van der Waals surface area contributed by atoms with Crippen LogP contribution >= 0.6 is 0 Å². The molecule has 0 spiro atoms. The van der Waals surface area contributed by atoms with Gasteiger partial charge in [-0.05, 0) is 12.0 Å². The van der Waals surface area contributed by atoms with Gasteiger partial charge in [-0.15, -0.1) is 0 Å². The molecule has 0 unspecified atom stereocenters. The van der Waals surface area contributed by atoms with Crippen LogP contribution < -0.4 is 10.6 Å². The van der Waals surface area contributed by atoms with Gasteiger partial charge in [-0.25, -0.2) is 0 Å². The first-order valence-corrected chi connectivity index (χ1v) is 7.89. The summed E-state index contributed by atoms with van der Waals surface area (Å²) in [5.74, 6) is -0.224. The average molecular weight is 318 g/mol. The molecule has 1 aromatic rings. The average Bonchev–Trinajstić information content (AvgIpc) is 2.49. The predicted octanol–water partition coefficient (Wildman–Crippen LogP) is 1.86. The molecule has 1 rings (SSSR count). The van der Waals surface area contributed by atoms with E-state index < -0.39 is 5.41 Å². The number of rotatable bonds is 8. The van der Waals surface area contributed by atoms with Crippen LogP contribution in [0.3, 0.4) is 0 Å². The van der Waals surface area contributed by atoms with Gasteiger partial charge >= 0.3 is 0 Å². The van der Waals surface area contributed by atoms with Crippen molar-refractivity contribution in [2.24, 2.45) is 5.41 Å². The quantitative estimate of drug-likeness (QED) is 0.718. The molecule has 0 aliphatic carbocycles. The van der Waals surface area contributed by atoms with Gasteiger partial charge in [0.05, 0.1) is 6.54 Å². The molecule has 5 nitrogen and oxygen atoms in total. The molecule has 0 bridgehead atoms. The summed E-state index contributed by atoms with van der Waals surface area (Å²) in [5.41, 5.74) is 0.517. The zero-order chi connectivity index (χ0) is 17.3. The molecule has 0 radical (unpaired) electrons. The molecule has 0 aliphatic rings. The van der Waals surface area contributed by atoms with E-state index in [1.54, 1.807) is 0 Å². The van der Waals surface area contributed by atoms with Gasteiger partial charge in [-0.2, -0.15) is 0 Å². The van der Waals surface area contributed by atoms with Crippen LogP contribution in [-0.2, 0) is 20.8 Å². The molecule has 2 N–H and O–H groups in total. The van der Waals surface area contributed by atoms with Crippen LogP contribution in [0.5, 0.6) is 0 Å². The molecule has 0 aliphatic heterocycles. The molecule has 0 aromatic heterocycles. The number of amides is 2. The number of ketones is 1. The Bertz CT molecular complexity index is 533. The van der Waals surface area contributed by atoms with E-state index in [1.807, 2.05) is 51.1 Å². The largest absolute Gasteiger partial charge is 0.356 e. The maximum atomic E-state index is 11.8. The van der Waals surface area contributed by atoms with E-state index in [4.69, 9.17) is 0 Å². The normalized spacial score (nSPS) is 10.9. The minimum absolute atomic E-state index is 0.0226. The highest BCUT2D eigenvalue weighted by Crippen LogP contribution is 2.12. The Morgan fingerprint density at radius 1 is 1.00 bits per heavy atom. The highest BCUT2D eigenvalue weighted by Gasteiger charge is 2.20. The zero-order valence-electron chi connectivity index (χ0n) is 14.1. The molecule has 2 amide bonds. The van der Waals surface area contributed by atoms with Crippen molar-refractivity contribution in [1.82, 2.24) is 10.6 Å². The minimum atomic E-state index is -0.424. The Balaban J connectivity index is 2.15. The van der Waals surface area contributed by atoms with Crippen LogP contribution in [0.25, 0.3) is 0 Å². The molecule has 1 aromatic carbocycles. The lowest BCUT2D eigenvalue weighted by Gasteiger charge is -2.17. The van der Waals surface area contributed by atoms with Crippen molar-refractivity contribution in [3.63, 3.8) is 0 Å². The number of nitrogens with one attached hydrogen (secondary N) is 2. The highest BCUT2D eigenvalue weighted by molar-refractivity contribution is 5.87. The third kappa shape index (κ3) is 8.14. The predicted molar refractivity (Wildman–Crippen MR) is 89.9 cm³/mol. The van der Waals surface area contributed by atoms with Gasteiger partial charge in [0.1, 0.15) is 0 Å². The first-order chi connectivity index (χ1) is 10.8. The van der Waals surface area contributed by atoms with E-state index in [2.05, 4.69) is 10.6 Å². The van der Waals surface area contributed by atoms with E-state index in [0.29, 0.717) is 25.8 Å². The summed E-state index contributed by atoms with van der Waals surface area (Å²) in [5, 5.41) is 5.41. The van der Waals surface area contributed by atoms with E-state index >= 15 is 0 Å². The fourth-order valence-electron chi connectivity index (χ4n) is 1.89. The summed E-state index contributed by atoms with van der Waals surface area (Å²) >= 11 is 0. The van der Waals surface area contributed by atoms with Crippen molar-refractivity contribution in [2.75, 3.05) is 13.1 Å². The van der Waals surface area contributed by atoms with Crippen LogP contribution in [0.1, 0.15) is 39.2 Å². The summed E-state index contributed by atoms with van der Waals surface area (Å²) in [6.07, 6.45) is 1.17. The van der Waals surface area contributed by atoms with Gasteiger partial charge in [0.15, 0.2) is 5.78 Å². The lowest BCUT2D eigenvalue weighted by molar-refractivity contribution is -0.128. The van der Waals surface area contributed by atoms with E-state index in [-0.39, 0.29) is 24.1 Å². The summed E-state index contributed by atoms with van der Waals surface area (Å²) < 4.78 is 0. The first kappa shape index (κ1) is 18.9. The highest BCUT2D eigenvalue weighted by atomic mass is 16.2. The number of benzene rings is 1. The molecular formula is C18H26N2O3. The summed E-state index contributed by atoms with van der Waals surface area (Å²) in [4.78, 5) is 35.1. The summed E-state index contributed by atoms with van der Waals surface area (Å²) in [7, 11) is 0. The van der Waals surface area contributed by atoms with Crippen molar-refractivity contribution < 1.29 is 14.4 Å². The van der Waals surface area contributed by atoms with Crippen LogP contribution in [-0.4, -0.2) is 30.7 Å². The van der Waals surface area contributed by atoms with Crippen LogP contribution in [0, 0.1) is 5.41 Å². The Hall–Kier alpha value is -2.17. The molecule has 23 heavy (non-hydrogen) atoms. The third-order valence-electron chi connectivity index (χ3n) is 3.27. The van der Waals surface area contributed by atoms with E-state index in [0.717, 1.165) is 5.56 Å². The van der Waals surface area contributed by atoms with Crippen molar-refractivity contribution in [2.45, 2.75) is 40.0 Å². The molecule has 5 heteroatoms. The van der Waals surface area contributed by atoms with Crippen molar-refractivity contribution in [3.8, 4) is 0 Å². The summed E-state index contributed by atoms with van der Waals surface area (Å²) in [6, 6.07) is 9.43. The molecule has 0 fully saturated rings. The third-order valence-corrected chi connectivity index (χ3v) is 3.27. The van der Waals surface area contributed by atoms with Crippen LogP contribution in [0.4, 0.5) is 0 Å². The molecule has 126 valence electrons. The lowest BCUT2D eigenvalue weighted by Crippen LogP contribution is -2.36. The smallest absolute Gasteiger partial charge is 0.225 e. The zero-order valence-corrected chi connectivity index (χ0v) is 14.1. The van der Waals surface area contributed by atoms with Crippen LogP contribution in [0.2, 0.25) is 0 Å². The van der Waals surface area contributed by atoms with Crippen molar-refractivity contribution in [3.05, 3.63) is 35.9 Å². The van der Waals surface area contributed by atoms with Crippen molar-refractivity contribution >= 4 is 17.6 Å². The SMILES string of the molecule is CC(C)(C)C(=O)NCCCC(=O)NCC(=O)Cc1ccccc1. The van der Waals surface area contributed by atoms with Gasteiger partial charge in [0.25, 0.3) is 0 Å². The molecular weight excluding hydrogens is 292 g/mol. The Morgan fingerprint density at radius 2 is 1.65 bits per heavy atom. The maximum absolute atomic E-state index is 11.8. The Morgan fingerprint density at radius 3 is 2.26 bits per heavy atom. The maximum Gasteiger partial charge on any atom is 0.225 e. The second kappa shape index (κ2) is 9.08. The summed E-state index contributed by atoms with van der Waals surface area (Å²) in [6.45, 7) is 6.03. The topological polar surface area (TPSA) is 75.3 Å². The molecule has 0 heterocycles. The fraction of sp³-hybridized carbons (Fsp3) is 0.500. The van der Waals surface area contributed by atoms with Gasteiger partial charge < -0.3 is 10.6 Å². The molecule has 0 saturated carbocycles. The Labute approximate surface area is 137 Å². The first-order valence-electron chi connectivity index (χ1n) is 7.89. The van der Waals surface area contributed by atoms with E-state index in [9.17, 15) is 14.4 Å². The van der Waals surface area contributed by atoms with E-state index in [1.165, 1.54) is 0 Å². The van der Waals surface area contributed by atoms with Gasteiger partial charge in [-0.3, -0.25) is 14.4 Å². The second-order valence-corrected chi connectivity index (χ2v) is 6.59. The Kier molecular flexibility index (Phi) is 7.45. The van der Waals surface area contributed by atoms with Gasteiger partial charge in [0, 0.05) is 24.8 Å². The second-order valence-electron chi connectivity index (χ2n) is 6.59. The van der Waals surface area contributed by atoms with Gasteiger partial charge in [0.2, 0.25) is 11.8 Å². The molecule has 0 atom stereocenters. The number of hydrogen-bond donors (Lipinski definition) is 2. The standard InChI is InChI=1S/C18H26N2O3/c1-18(2,3)17(23)19-11-7-10-16(22)20-13-15(21)12-14-8-5-4-6-9-14/h4-6,8-9H,7,10-13H2,1-3H3,(H,19,23)(H,20,22). The number of Topliss-reactive ketones (excluding diaryl/α,β-unsaturated/α-hetero) is 1. The monoisotopic (exact) mass is 318 g/mol. The number of carbonyl (C=O) groups excluding carboxylic acids is 3. The van der Waals surface area contributed by atoms with Crippen LogP contribution in [0.15, 0.2) is 30.3 Å². The number of hydrogen-bond acceptors (Lipinski definition) is 3.